The average Bonchev–Trinajstić information content (AvgIpc) is 2.80. The van der Waals surface area contributed by atoms with Crippen molar-refractivity contribution in [2.24, 2.45) is 0 Å². The molecule has 31 heavy (non-hydrogen) atoms. The first-order chi connectivity index (χ1) is 15.0. The molecule has 1 N–H and O–H groups in total. The van der Waals surface area contributed by atoms with E-state index in [-0.39, 0.29) is 24.1 Å². The van der Waals surface area contributed by atoms with Gasteiger partial charge in [-0.1, -0.05) is 6.07 Å². The van der Waals surface area contributed by atoms with E-state index < -0.39 is 0 Å². The molecule has 162 valence electrons. The number of Topliss-reactive ketones (excluding diaryl/α,β-unsaturated/α-hetero) is 1. The molecule has 0 radical (unpaired) electrons. The highest BCUT2D eigenvalue weighted by atomic mass is 19.1. The summed E-state index contributed by atoms with van der Waals surface area (Å²) >= 11 is 0. The van der Waals surface area contributed by atoms with Crippen LogP contribution in [0.5, 0.6) is 17.2 Å². The van der Waals surface area contributed by atoms with E-state index in [4.69, 9.17) is 14.2 Å². The van der Waals surface area contributed by atoms with Crippen molar-refractivity contribution in [2.75, 3.05) is 26.1 Å². The summed E-state index contributed by atoms with van der Waals surface area (Å²) in [6.07, 6.45) is 0.175. The van der Waals surface area contributed by atoms with E-state index in [1.54, 1.807) is 14.2 Å². The third-order valence-electron chi connectivity index (χ3n) is 4.87. The summed E-state index contributed by atoms with van der Waals surface area (Å²) in [4.78, 5) is 12.9. The van der Waals surface area contributed by atoms with Gasteiger partial charge in [0.2, 0.25) is 0 Å². The van der Waals surface area contributed by atoms with E-state index in [1.807, 2.05) is 49.4 Å². The fraction of sp³-hybridized carbons (Fsp3) is 0.240. The summed E-state index contributed by atoms with van der Waals surface area (Å²) in [7, 11) is 3.14. The molecular formula is C25H26FNO4. The van der Waals surface area contributed by atoms with E-state index in [9.17, 15) is 9.18 Å². The summed E-state index contributed by atoms with van der Waals surface area (Å²) < 4.78 is 29.5. The van der Waals surface area contributed by atoms with E-state index in [2.05, 4.69) is 5.32 Å². The SMILES string of the molecule is CCOc1ccc(NC(CC(=O)c2ccc(F)cc2)c2ccc(OC)c(OC)c2)cc1. The number of carbonyl (C=O) groups is 1. The second-order valence-electron chi connectivity index (χ2n) is 6.90. The van der Waals surface area contributed by atoms with Crippen LogP contribution in [0.1, 0.15) is 35.3 Å². The number of hydrogen-bond acceptors (Lipinski definition) is 5. The maximum absolute atomic E-state index is 13.2. The summed E-state index contributed by atoms with van der Waals surface area (Å²) in [5.41, 5.74) is 2.16. The van der Waals surface area contributed by atoms with Crippen LogP contribution in [0.25, 0.3) is 0 Å². The molecule has 1 atom stereocenters. The second-order valence-corrected chi connectivity index (χ2v) is 6.90. The number of halogens is 1. The quantitative estimate of drug-likeness (QED) is 0.426. The first kappa shape index (κ1) is 22.2. The number of methoxy groups -OCH3 is 2. The minimum Gasteiger partial charge on any atom is -0.494 e. The Labute approximate surface area is 181 Å². The summed E-state index contributed by atoms with van der Waals surface area (Å²) in [5, 5.41) is 3.42. The third-order valence-corrected chi connectivity index (χ3v) is 4.87. The molecule has 0 aliphatic heterocycles. The molecule has 0 aromatic heterocycles. The zero-order valence-electron chi connectivity index (χ0n) is 17.9. The van der Waals surface area contributed by atoms with Crippen LogP contribution in [0.3, 0.4) is 0 Å². The van der Waals surface area contributed by atoms with Gasteiger partial charge in [0, 0.05) is 17.7 Å². The Morgan fingerprint density at radius 1 is 0.935 bits per heavy atom. The summed E-state index contributed by atoms with van der Waals surface area (Å²) in [5.74, 6) is 1.49. The molecule has 3 aromatic rings. The van der Waals surface area contributed by atoms with Gasteiger partial charge in [0.1, 0.15) is 11.6 Å². The lowest BCUT2D eigenvalue weighted by molar-refractivity contribution is 0.0976. The van der Waals surface area contributed by atoms with Crippen LogP contribution in [-0.2, 0) is 0 Å². The smallest absolute Gasteiger partial charge is 0.165 e. The first-order valence-electron chi connectivity index (χ1n) is 10.0. The highest BCUT2D eigenvalue weighted by molar-refractivity contribution is 5.96. The van der Waals surface area contributed by atoms with E-state index in [0.717, 1.165) is 17.0 Å². The number of nitrogens with one attached hydrogen (secondary N) is 1. The molecule has 0 saturated carbocycles. The van der Waals surface area contributed by atoms with Crippen LogP contribution >= 0.6 is 0 Å². The monoisotopic (exact) mass is 423 g/mol. The van der Waals surface area contributed by atoms with Crippen LogP contribution in [0.2, 0.25) is 0 Å². The number of ether oxygens (including phenoxy) is 3. The molecule has 5 nitrogen and oxygen atoms in total. The Hall–Kier alpha value is -3.54. The van der Waals surface area contributed by atoms with Gasteiger partial charge < -0.3 is 19.5 Å². The zero-order valence-corrected chi connectivity index (χ0v) is 17.9. The Kier molecular flexibility index (Phi) is 7.49. The fourth-order valence-electron chi connectivity index (χ4n) is 3.28. The predicted octanol–water partition coefficient (Wildman–Crippen LogP) is 5.67. The van der Waals surface area contributed by atoms with E-state index >= 15 is 0 Å². The van der Waals surface area contributed by atoms with Crippen molar-refractivity contribution in [3.05, 3.63) is 83.7 Å². The van der Waals surface area contributed by atoms with Crippen molar-refractivity contribution in [3.63, 3.8) is 0 Å². The van der Waals surface area contributed by atoms with Crippen molar-refractivity contribution < 1.29 is 23.4 Å². The highest BCUT2D eigenvalue weighted by Crippen LogP contribution is 2.33. The molecule has 0 bridgehead atoms. The van der Waals surface area contributed by atoms with Gasteiger partial charge in [-0.15, -0.1) is 0 Å². The van der Waals surface area contributed by atoms with Crippen molar-refractivity contribution >= 4 is 11.5 Å². The summed E-state index contributed by atoms with van der Waals surface area (Å²) in [6.45, 7) is 2.52. The first-order valence-corrected chi connectivity index (χ1v) is 10.0. The lowest BCUT2D eigenvalue weighted by Gasteiger charge is -2.21. The molecule has 0 aliphatic rings. The Balaban J connectivity index is 1.89. The minimum absolute atomic E-state index is 0.0989. The Morgan fingerprint density at radius 2 is 1.61 bits per heavy atom. The standard InChI is InChI=1S/C25H26FNO4/c1-4-31-21-12-10-20(11-13-21)27-22(16-23(28)17-5-8-19(26)9-6-17)18-7-14-24(29-2)25(15-18)30-3/h5-15,22,27H,4,16H2,1-3H3. The van der Waals surface area contributed by atoms with Gasteiger partial charge in [0.05, 0.1) is 26.9 Å². The lowest BCUT2D eigenvalue weighted by Crippen LogP contribution is -2.16. The van der Waals surface area contributed by atoms with Gasteiger partial charge in [0.25, 0.3) is 0 Å². The van der Waals surface area contributed by atoms with Gasteiger partial charge in [-0.3, -0.25) is 4.79 Å². The predicted molar refractivity (Wildman–Crippen MR) is 119 cm³/mol. The summed E-state index contributed by atoms with van der Waals surface area (Å²) in [6, 6.07) is 18.4. The molecule has 0 aliphatic carbocycles. The van der Waals surface area contributed by atoms with Gasteiger partial charge in [-0.05, 0) is 73.2 Å². The maximum atomic E-state index is 13.2. The van der Waals surface area contributed by atoms with Crippen LogP contribution in [0.4, 0.5) is 10.1 Å². The lowest BCUT2D eigenvalue weighted by atomic mass is 9.97. The van der Waals surface area contributed by atoms with Crippen molar-refractivity contribution in [1.82, 2.24) is 0 Å². The van der Waals surface area contributed by atoms with Crippen LogP contribution in [-0.4, -0.2) is 26.6 Å². The van der Waals surface area contributed by atoms with Crippen LogP contribution in [0, 0.1) is 5.82 Å². The number of hydrogen-bond donors (Lipinski definition) is 1. The molecule has 0 heterocycles. The van der Waals surface area contributed by atoms with Gasteiger partial charge in [-0.2, -0.15) is 0 Å². The molecule has 1 unspecified atom stereocenters. The topological polar surface area (TPSA) is 56.8 Å². The second kappa shape index (κ2) is 10.5. The molecular weight excluding hydrogens is 397 g/mol. The minimum atomic E-state index is -0.375. The Morgan fingerprint density at radius 3 is 2.23 bits per heavy atom. The maximum Gasteiger partial charge on any atom is 0.165 e. The molecule has 3 rings (SSSR count). The molecule has 0 amide bonds. The van der Waals surface area contributed by atoms with E-state index in [0.29, 0.717) is 23.7 Å². The normalized spacial score (nSPS) is 11.5. The van der Waals surface area contributed by atoms with Gasteiger partial charge in [0.15, 0.2) is 17.3 Å². The third kappa shape index (κ3) is 5.75. The zero-order chi connectivity index (χ0) is 22.2. The Bertz CT molecular complexity index is 1000. The van der Waals surface area contributed by atoms with Gasteiger partial charge >= 0.3 is 0 Å². The van der Waals surface area contributed by atoms with Crippen LogP contribution in [0.15, 0.2) is 66.7 Å². The average molecular weight is 423 g/mol. The van der Waals surface area contributed by atoms with E-state index in [1.165, 1.54) is 24.3 Å². The number of rotatable bonds is 10. The van der Waals surface area contributed by atoms with Crippen molar-refractivity contribution in [2.45, 2.75) is 19.4 Å². The number of ketones is 1. The molecule has 3 aromatic carbocycles. The fourth-order valence-corrected chi connectivity index (χ4v) is 3.28. The molecule has 6 heteroatoms. The molecule has 0 fully saturated rings. The molecule has 0 spiro atoms. The van der Waals surface area contributed by atoms with Crippen LogP contribution < -0.4 is 19.5 Å². The number of anilines is 1. The van der Waals surface area contributed by atoms with Crippen molar-refractivity contribution in [3.8, 4) is 17.2 Å². The largest absolute Gasteiger partial charge is 0.494 e. The molecule has 0 saturated heterocycles. The number of benzene rings is 3. The highest BCUT2D eigenvalue weighted by Gasteiger charge is 2.19. The van der Waals surface area contributed by atoms with Crippen molar-refractivity contribution in [1.29, 1.82) is 0 Å². The number of carbonyl (C=O) groups excluding carboxylic acids is 1. The van der Waals surface area contributed by atoms with Gasteiger partial charge in [-0.25, -0.2) is 4.39 Å².